The number of sulfonamides is 2. The van der Waals surface area contributed by atoms with Crippen molar-refractivity contribution in [1.29, 1.82) is 0 Å². The predicted molar refractivity (Wildman–Crippen MR) is 276 cm³/mol. The summed E-state index contributed by atoms with van der Waals surface area (Å²) < 4.78 is 144. The first-order valence-corrected chi connectivity index (χ1v) is 28.6. The van der Waals surface area contributed by atoms with E-state index in [9.17, 15) is 72.5 Å². The molecule has 8 rings (SSSR count). The largest absolute Gasteiger partial charge is 1.00 e. The smallest absolute Gasteiger partial charge is 0.744 e. The Hall–Kier alpha value is 0.788. The number of hydrogen-bond acceptors (Lipinski definition) is 22. The van der Waals surface area contributed by atoms with Crippen molar-refractivity contribution in [2.75, 3.05) is 14.8 Å². The number of anilines is 4. The molecule has 1 aliphatic heterocycles. The first kappa shape index (κ1) is 85.8. The van der Waals surface area contributed by atoms with Gasteiger partial charge in [0, 0.05) is 28.9 Å². The topological polar surface area (TPSA) is 414 Å². The molecule has 1 heterocycles. The van der Waals surface area contributed by atoms with Crippen LogP contribution in [0.4, 0.5) is 28.4 Å². The van der Waals surface area contributed by atoms with Crippen molar-refractivity contribution in [2.24, 2.45) is 4.99 Å². The molecule has 0 amide bonds. The van der Waals surface area contributed by atoms with Crippen LogP contribution in [-0.2, 0) is 50.0 Å². The number of aryl methyl sites for hydroxylation is 4. The number of nitrogens with one attached hydrogen (secondary N) is 3. The van der Waals surface area contributed by atoms with Crippen LogP contribution >= 0.6 is 0 Å². The summed E-state index contributed by atoms with van der Waals surface area (Å²) in [5.41, 5.74) is -0.0641. The molecule has 0 saturated heterocycles. The molecule has 87 heavy (non-hydrogen) atoms. The third-order valence-electron chi connectivity index (χ3n) is 12.3. The third-order valence-corrected chi connectivity index (χ3v) is 16.7. The number of carbonyl (C=O) groups excluding carboxylic acids is 4. The van der Waals surface area contributed by atoms with Crippen LogP contribution < -0.4 is 349 Å². The summed E-state index contributed by atoms with van der Waals surface area (Å²) >= 11 is 0. The minimum atomic E-state index is -5.53. The van der Waals surface area contributed by atoms with Crippen LogP contribution in [0.3, 0.4) is 0 Å². The monoisotopic (exact) mass is 1410 g/mol. The first-order chi connectivity index (χ1) is 37.8. The van der Waals surface area contributed by atoms with Crippen molar-refractivity contribution in [3.05, 3.63) is 165 Å². The molecule has 6 aromatic rings. The maximum absolute atomic E-state index is 13.8. The Labute approximate surface area is 755 Å². The van der Waals surface area contributed by atoms with Crippen LogP contribution in [-0.4, -0.2) is 67.2 Å². The van der Waals surface area contributed by atoms with Gasteiger partial charge < -0.3 is 58.7 Å². The van der Waals surface area contributed by atoms with Crippen LogP contribution in [0, 0.1) is 53.7 Å². The second-order valence-electron chi connectivity index (χ2n) is 17.8. The summed E-state index contributed by atoms with van der Waals surface area (Å²) in [6.45, 7) is 9.22. The summed E-state index contributed by atoms with van der Waals surface area (Å²) in [5.74, 6) is -5.61. The Balaban J connectivity index is 0.00000367. The zero-order valence-electron chi connectivity index (χ0n) is 48.6. The van der Waals surface area contributed by atoms with E-state index in [-0.39, 0.29) is 382 Å². The maximum atomic E-state index is 13.8. The van der Waals surface area contributed by atoms with Crippen molar-refractivity contribution in [3.8, 4) is 22.5 Å². The molecule has 0 aromatic heterocycles. The number of benzene rings is 7. The summed E-state index contributed by atoms with van der Waals surface area (Å²) in [6.07, 6.45) is 0. The average Bonchev–Trinajstić information content (AvgIpc) is 1.22. The molecule has 0 bridgehead atoms. The van der Waals surface area contributed by atoms with Gasteiger partial charge in [-0.3, -0.25) is 14.2 Å². The van der Waals surface area contributed by atoms with E-state index in [1.54, 1.807) is 26.8 Å². The number of fused-ring (bicyclic) bond motifs is 2. The van der Waals surface area contributed by atoms with Gasteiger partial charge in [-0.2, -0.15) is 30.3 Å². The molecule has 0 fully saturated rings. The molecule has 6 aromatic carbocycles. The molecule has 3 N–H and O–H groups in total. The van der Waals surface area contributed by atoms with Gasteiger partial charge in [-0.05, 0) is 127 Å². The molecule has 2 aliphatic rings. The summed E-state index contributed by atoms with van der Waals surface area (Å²) in [7, 11) is -20.0. The van der Waals surface area contributed by atoms with E-state index in [2.05, 4.69) is 36.8 Å². The molecule has 0 atom stereocenters. The van der Waals surface area contributed by atoms with Gasteiger partial charge in [-0.1, -0.05) is 47.0 Å². The molecule has 0 radical (unpaired) electrons. The molecule has 24 nitrogen and oxygen atoms in total. The van der Waals surface area contributed by atoms with E-state index in [1.807, 2.05) is 0 Å². The molecule has 422 valence electrons. The number of aromatic carboxylic acids is 3. The van der Waals surface area contributed by atoms with Crippen LogP contribution in [0.5, 0.6) is 0 Å². The van der Waals surface area contributed by atoms with E-state index in [1.165, 1.54) is 57.2 Å². The molecule has 0 unspecified atom stereocenters. The van der Waals surface area contributed by atoms with Gasteiger partial charge in [0.2, 0.25) is 10.0 Å². The normalized spacial score (nSPS) is 11.3. The Kier molecular flexibility index (Phi) is 35.2. The van der Waals surface area contributed by atoms with Crippen LogP contribution in [0.25, 0.3) is 33.4 Å². The van der Waals surface area contributed by atoms with Gasteiger partial charge in [-0.25, -0.2) is 38.7 Å². The molecular weight excluding hydrogens is 1380 g/mol. The van der Waals surface area contributed by atoms with Crippen molar-refractivity contribution in [1.82, 2.24) is 0 Å². The SMILES string of the molecule is Cc1cc(C)c(NS(=O)(=O)c2cc(C(=O)[O-])cc(C(=O)[O-])c2)c(C)c1N=c1cc2oc3cc(Nc4c(C)cc(C)c(NS(=O)(=O)c5c[c-]cc(C(=O)[O-])c5)c4C)[c-]cc3c(-c3ccccc3S(=O)(=O)[O-])c-2cc1S(=O)(=O)[O-].O=CO[O-].[K+].[K+].[K+].[K+].[K+].[K+]. The summed E-state index contributed by atoms with van der Waals surface area (Å²) in [6, 6.07) is 23.3. The van der Waals surface area contributed by atoms with E-state index in [0.717, 1.165) is 36.4 Å². The molecule has 34 heteroatoms. The number of carboxylic acids is 3. The van der Waals surface area contributed by atoms with Crippen molar-refractivity contribution in [3.63, 3.8) is 0 Å². The number of rotatable bonds is 16. The average molecular weight is 1410 g/mol. The Morgan fingerprint density at radius 1 is 0.575 bits per heavy atom. The van der Waals surface area contributed by atoms with Crippen LogP contribution in [0.15, 0.2) is 126 Å². The van der Waals surface area contributed by atoms with Gasteiger partial charge in [-0.15, -0.1) is 17.7 Å². The van der Waals surface area contributed by atoms with Crippen molar-refractivity contribution < 1.29 is 400 Å². The Morgan fingerprint density at radius 3 is 1.60 bits per heavy atom. The number of carbonyl (C=O) groups is 4. The van der Waals surface area contributed by atoms with E-state index in [4.69, 9.17) is 14.5 Å². The van der Waals surface area contributed by atoms with Crippen LogP contribution in [0.2, 0.25) is 0 Å². The van der Waals surface area contributed by atoms with E-state index >= 15 is 0 Å². The summed E-state index contributed by atoms with van der Waals surface area (Å²) in [4.78, 5) is 47.8. The Morgan fingerprint density at radius 2 is 1.07 bits per heavy atom. The first-order valence-electron chi connectivity index (χ1n) is 22.9. The van der Waals surface area contributed by atoms with Crippen molar-refractivity contribution >= 4 is 104 Å². The van der Waals surface area contributed by atoms with E-state index < -0.39 is 99.8 Å². The fourth-order valence-corrected chi connectivity index (χ4v) is 12.6. The Bertz CT molecular complexity index is 4480. The van der Waals surface area contributed by atoms with Gasteiger partial charge in [0.15, 0.2) is 0 Å². The predicted octanol–water partition coefficient (Wildman–Crippen LogP) is -15.4. The van der Waals surface area contributed by atoms with Gasteiger partial charge in [0.05, 0.1) is 49.0 Å². The fourth-order valence-electron chi connectivity index (χ4n) is 8.78. The number of nitrogens with zero attached hydrogens (tertiary/aromatic N) is 1. The number of carboxylic acid groups (broad SMARTS) is 3. The second kappa shape index (κ2) is 35.7. The quantitative estimate of drug-likeness (QED) is 0.0154. The molecule has 0 saturated carbocycles. The number of hydrogen-bond donors (Lipinski definition) is 3. The minimum absolute atomic E-state index is 0. The molecule has 0 spiro atoms. The van der Waals surface area contributed by atoms with Gasteiger partial charge >= 0.3 is 308 Å². The summed E-state index contributed by atoms with van der Waals surface area (Å²) in [5, 5.41) is 46.0. The van der Waals surface area contributed by atoms with E-state index in [0.29, 0.717) is 46.1 Å². The van der Waals surface area contributed by atoms with Gasteiger partial charge in [0.25, 0.3) is 16.5 Å². The second-order valence-corrected chi connectivity index (χ2v) is 23.8. The zero-order valence-corrected chi connectivity index (χ0v) is 70.6. The molecular formula is C53H38K6N4O20S4-2. The van der Waals surface area contributed by atoms with Crippen molar-refractivity contribution in [2.45, 2.75) is 61.1 Å². The standard InChI is InChI=1S/C52H42N4O17S4.CH2O3.6K/c1-25-16-27(3)48(55-74(63,64)35-11-9-10-31(19-35)50(57)58)29(5)46(25)53-34-14-15-37-41(22-34)73-42-24-40(44(77(70,71)72)23-39(42)45(37)38-12-7-8-13-43(38)76(67,68)69)54-47-26(2)17-28(4)49(30(47)6)56-75(65,66)36-20-32(51(59)60)18-33(21-36)52(61)62;2-1-4-3;;;;;;/h7-8,10-13,15-24,53,55-56H,1-6H3,(H,57,58)(H,59,60)(H,61,62)(H,67,68,69)(H,70,71,72);1,3H;;;;;;/q-2;;6*+1/p-6. The molecule has 1 aliphatic carbocycles. The minimum Gasteiger partial charge on any atom is -0.744 e. The van der Waals surface area contributed by atoms with Gasteiger partial charge in [0.1, 0.15) is 26.0 Å². The zero-order chi connectivity index (χ0) is 59.8. The fraction of sp³-hybridized carbons (Fsp3) is 0.113. The third kappa shape index (κ3) is 20.7. The maximum Gasteiger partial charge on any atom is 1.00 e. The van der Waals surface area contributed by atoms with Crippen LogP contribution in [0.1, 0.15) is 64.5 Å².